The lowest BCUT2D eigenvalue weighted by Crippen LogP contribution is -2.15. The first-order valence-corrected chi connectivity index (χ1v) is 14.0. The fourth-order valence-electron chi connectivity index (χ4n) is 4.45. The number of hydrogen-bond donors (Lipinski definition) is 1. The van der Waals surface area contributed by atoms with Crippen LogP contribution in [0.4, 0.5) is 0 Å². The third kappa shape index (κ3) is 8.09. The molecule has 3 aromatic rings. The lowest BCUT2D eigenvalue weighted by Gasteiger charge is -2.25. The molecule has 0 radical (unpaired) electrons. The van der Waals surface area contributed by atoms with Gasteiger partial charge >= 0.3 is 11.9 Å². The molecule has 3 aromatic carbocycles. The topological polar surface area (TPSA) is 156 Å². The number of fused-ring (bicyclic) bond motifs is 3. The van der Waals surface area contributed by atoms with Crippen LogP contribution in [-0.2, 0) is 35.0 Å². The smallest absolute Gasteiger partial charge is 0.339 e. The Balaban J connectivity index is 2.13. The van der Waals surface area contributed by atoms with Crippen LogP contribution in [0, 0.1) is 0 Å². The highest BCUT2D eigenvalue weighted by Gasteiger charge is 2.35. The van der Waals surface area contributed by atoms with Crippen molar-refractivity contribution in [2.45, 2.75) is 13.0 Å². The van der Waals surface area contributed by atoms with Gasteiger partial charge in [-0.2, -0.15) is 0 Å². The van der Waals surface area contributed by atoms with Crippen molar-refractivity contribution in [1.82, 2.24) is 0 Å². The molecule has 0 unspecified atom stereocenters. The highest BCUT2D eigenvalue weighted by Crippen LogP contribution is 2.54. The second-order valence-corrected chi connectivity index (χ2v) is 9.53. The standard InChI is InChI=1S/C32H36O14/c1-36-16-43-23-13-21-25(29(27(23)33)45-18-38-3)26-22(32(35)41-12-8-11-40-31(21)34)14-24(44-17-37-2)28(30(26)46-19-39-4)42-15-20-9-6-5-7-10-20/h5-7,9-10,13-14,33H,8,11-12,15-19H2,1-4H3. The molecule has 1 heterocycles. The summed E-state index contributed by atoms with van der Waals surface area (Å²) in [5.74, 6) is -2.62. The number of phenols is 1. The van der Waals surface area contributed by atoms with Gasteiger partial charge in [0.2, 0.25) is 11.5 Å². The van der Waals surface area contributed by atoms with Crippen LogP contribution in [0.1, 0.15) is 32.7 Å². The molecule has 0 saturated heterocycles. The molecule has 1 N–H and O–H groups in total. The second kappa shape index (κ2) is 17.1. The van der Waals surface area contributed by atoms with Crippen LogP contribution in [0.25, 0.3) is 11.1 Å². The van der Waals surface area contributed by atoms with E-state index in [1.54, 1.807) is 0 Å². The molecule has 14 heteroatoms. The lowest BCUT2D eigenvalue weighted by atomic mass is 9.91. The Labute approximate surface area is 265 Å². The molecule has 248 valence electrons. The van der Waals surface area contributed by atoms with Gasteiger partial charge in [-0.25, -0.2) is 9.59 Å². The van der Waals surface area contributed by atoms with Crippen molar-refractivity contribution in [2.75, 3.05) is 68.8 Å². The minimum Gasteiger partial charge on any atom is -0.502 e. The van der Waals surface area contributed by atoms with Crippen molar-refractivity contribution in [2.24, 2.45) is 0 Å². The fourth-order valence-corrected chi connectivity index (χ4v) is 4.45. The molecule has 0 saturated carbocycles. The van der Waals surface area contributed by atoms with Crippen LogP contribution in [0.5, 0.6) is 34.5 Å². The van der Waals surface area contributed by atoms with Crippen molar-refractivity contribution in [3.05, 3.63) is 59.2 Å². The number of rotatable bonds is 15. The van der Waals surface area contributed by atoms with E-state index in [-0.39, 0.29) is 104 Å². The SMILES string of the molecule is COCOc1cc2c(c(OCOC)c1O)-c1c(cc(OCOC)c(OCc3ccccc3)c1OCOC)C(=O)OCCCOC2=O. The zero-order chi connectivity index (χ0) is 32.9. The molecule has 0 spiro atoms. The van der Waals surface area contributed by atoms with Gasteiger partial charge in [0.15, 0.2) is 50.2 Å². The van der Waals surface area contributed by atoms with Gasteiger partial charge in [-0.05, 0) is 17.7 Å². The summed E-state index contributed by atoms with van der Waals surface area (Å²) >= 11 is 0. The number of carbonyl (C=O) groups is 2. The number of esters is 2. The van der Waals surface area contributed by atoms with E-state index in [4.69, 9.17) is 52.1 Å². The highest BCUT2D eigenvalue weighted by atomic mass is 16.7. The Hall–Kier alpha value is -4.76. The first kappa shape index (κ1) is 34.1. The fraction of sp³-hybridized carbons (Fsp3) is 0.375. The van der Waals surface area contributed by atoms with Crippen molar-refractivity contribution in [3.63, 3.8) is 0 Å². The maximum Gasteiger partial charge on any atom is 0.339 e. The quantitative estimate of drug-likeness (QED) is 0.185. The van der Waals surface area contributed by atoms with Crippen molar-refractivity contribution in [3.8, 4) is 45.6 Å². The van der Waals surface area contributed by atoms with E-state index in [1.807, 2.05) is 30.3 Å². The number of methoxy groups -OCH3 is 4. The Kier molecular flexibility index (Phi) is 12.7. The first-order valence-electron chi connectivity index (χ1n) is 14.0. The third-order valence-electron chi connectivity index (χ3n) is 6.40. The number of benzene rings is 3. The Morgan fingerprint density at radius 1 is 0.630 bits per heavy atom. The van der Waals surface area contributed by atoms with E-state index in [2.05, 4.69) is 0 Å². The maximum atomic E-state index is 13.8. The summed E-state index contributed by atoms with van der Waals surface area (Å²) in [6.07, 6.45) is 0.207. The summed E-state index contributed by atoms with van der Waals surface area (Å²) in [5.41, 5.74) is 0.385. The van der Waals surface area contributed by atoms with Crippen LogP contribution >= 0.6 is 0 Å². The van der Waals surface area contributed by atoms with E-state index < -0.39 is 17.7 Å². The summed E-state index contributed by atoms with van der Waals surface area (Å²) in [7, 11) is 5.59. The largest absolute Gasteiger partial charge is 0.502 e. The molecule has 1 aliphatic heterocycles. The number of ether oxygens (including phenoxy) is 11. The van der Waals surface area contributed by atoms with Crippen LogP contribution < -0.4 is 23.7 Å². The molecule has 14 nitrogen and oxygen atoms in total. The zero-order valence-electron chi connectivity index (χ0n) is 26.0. The molecular weight excluding hydrogens is 608 g/mol. The summed E-state index contributed by atoms with van der Waals surface area (Å²) in [6.45, 7) is -1.29. The number of carbonyl (C=O) groups excluding carboxylic acids is 2. The van der Waals surface area contributed by atoms with Gasteiger partial charge in [0.25, 0.3) is 0 Å². The molecule has 0 atom stereocenters. The van der Waals surface area contributed by atoms with Gasteiger partial charge in [0.05, 0.1) is 24.3 Å². The van der Waals surface area contributed by atoms with Gasteiger partial charge in [0, 0.05) is 46.0 Å². The van der Waals surface area contributed by atoms with Crippen molar-refractivity contribution < 1.29 is 66.8 Å². The average Bonchev–Trinajstić information content (AvgIpc) is 3.09. The van der Waals surface area contributed by atoms with E-state index in [1.165, 1.54) is 40.6 Å². The van der Waals surface area contributed by atoms with Crippen LogP contribution in [0.2, 0.25) is 0 Å². The van der Waals surface area contributed by atoms with Gasteiger partial charge in [-0.3, -0.25) is 0 Å². The van der Waals surface area contributed by atoms with Crippen LogP contribution in [0.15, 0.2) is 42.5 Å². The Morgan fingerprint density at radius 3 is 1.72 bits per heavy atom. The maximum absolute atomic E-state index is 13.8. The molecule has 0 aromatic heterocycles. The van der Waals surface area contributed by atoms with Crippen LogP contribution in [-0.4, -0.2) is 85.9 Å². The van der Waals surface area contributed by atoms with Gasteiger partial charge in [-0.1, -0.05) is 30.3 Å². The predicted octanol–water partition coefficient (Wildman–Crippen LogP) is 4.29. The summed E-state index contributed by atoms with van der Waals surface area (Å²) in [5, 5.41) is 11.4. The number of cyclic esters (lactones) is 2. The molecule has 0 bridgehead atoms. The average molecular weight is 645 g/mol. The first-order chi connectivity index (χ1) is 22.4. The van der Waals surface area contributed by atoms with E-state index in [0.29, 0.717) is 0 Å². The second-order valence-electron chi connectivity index (χ2n) is 9.53. The molecule has 4 rings (SSSR count). The molecule has 0 aliphatic carbocycles. The monoisotopic (exact) mass is 644 g/mol. The predicted molar refractivity (Wildman–Crippen MR) is 160 cm³/mol. The Bertz CT molecular complexity index is 1470. The molecule has 0 amide bonds. The normalized spacial score (nSPS) is 13.0. The molecule has 46 heavy (non-hydrogen) atoms. The van der Waals surface area contributed by atoms with Crippen molar-refractivity contribution >= 4 is 11.9 Å². The van der Waals surface area contributed by atoms with E-state index >= 15 is 0 Å². The van der Waals surface area contributed by atoms with E-state index in [9.17, 15) is 14.7 Å². The molecule has 1 aliphatic rings. The molecular formula is C32H36O14. The summed E-state index contributed by atoms with van der Waals surface area (Å²) < 4.78 is 61.2. The number of hydrogen-bond acceptors (Lipinski definition) is 14. The summed E-state index contributed by atoms with van der Waals surface area (Å²) in [4.78, 5) is 27.4. The minimum absolute atomic E-state index is 0.0237. The highest BCUT2D eigenvalue weighted by molar-refractivity contribution is 6.08. The zero-order valence-corrected chi connectivity index (χ0v) is 26.0. The third-order valence-corrected chi connectivity index (χ3v) is 6.40. The molecule has 0 fully saturated rings. The van der Waals surface area contributed by atoms with Gasteiger partial charge < -0.3 is 57.2 Å². The van der Waals surface area contributed by atoms with Gasteiger partial charge in [-0.15, -0.1) is 0 Å². The van der Waals surface area contributed by atoms with Crippen LogP contribution in [0.3, 0.4) is 0 Å². The van der Waals surface area contributed by atoms with E-state index in [0.717, 1.165) is 5.56 Å². The van der Waals surface area contributed by atoms with Crippen molar-refractivity contribution in [1.29, 1.82) is 0 Å². The number of aromatic hydroxyl groups is 1. The minimum atomic E-state index is -0.816. The lowest BCUT2D eigenvalue weighted by molar-refractivity contribution is 0.0372. The summed E-state index contributed by atoms with van der Waals surface area (Å²) in [6, 6.07) is 11.9. The Morgan fingerprint density at radius 2 is 1.13 bits per heavy atom. The number of phenolic OH excluding ortho intramolecular Hbond substituents is 1. The van der Waals surface area contributed by atoms with Gasteiger partial charge in [0.1, 0.15) is 6.61 Å².